The van der Waals surface area contributed by atoms with Gasteiger partial charge in [0.15, 0.2) is 11.5 Å². The van der Waals surface area contributed by atoms with Crippen molar-refractivity contribution in [3.63, 3.8) is 0 Å². The maximum Gasteiger partial charge on any atom is 0.257 e. The maximum absolute atomic E-state index is 12.6. The van der Waals surface area contributed by atoms with Crippen LogP contribution in [0.5, 0.6) is 11.5 Å². The molecule has 0 spiro atoms. The second kappa shape index (κ2) is 7.28. The molecule has 116 valence electrons. The maximum atomic E-state index is 12.6. The molecule has 1 amide bonds. The van der Waals surface area contributed by atoms with Gasteiger partial charge < -0.3 is 25.4 Å². The minimum atomic E-state index is -0.152. The summed E-state index contributed by atoms with van der Waals surface area (Å²) in [5, 5.41) is 10.1. The van der Waals surface area contributed by atoms with E-state index in [-0.39, 0.29) is 11.7 Å². The largest absolute Gasteiger partial charge is 0.504 e. The average Bonchev–Trinajstić information content (AvgIpc) is 2.73. The molecule has 3 N–H and O–H groups in total. The fourth-order valence-electron chi connectivity index (χ4n) is 2.61. The summed E-state index contributed by atoms with van der Waals surface area (Å²) in [6.45, 7) is 4.59. The first-order chi connectivity index (χ1) is 10.2. The molecule has 0 atom stereocenters. The number of ether oxygens (including phenoxy) is 1. The van der Waals surface area contributed by atoms with E-state index in [2.05, 4.69) is 4.90 Å². The number of para-hydroxylation sites is 1. The Bertz CT molecular complexity index is 493. The van der Waals surface area contributed by atoms with Gasteiger partial charge in [0, 0.05) is 32.7 Å². The lowest BCUT2D eigenvalue weighted by molar-refractivity contribution is 0.0758. The van der Waals surface area contributed by atoms with Gasteiger partial charge in [-0.15, -0.1) is 0 Å². The van der Waals surface area contributed by atoms with Crippen LogP contribution >= 0.6 is 0 Å². The van der Waals surface area contributed by atoms with Crippen molar-refractivity contribution >= 4 is 5.91 Å². The second-order valence-electron chi connectivity index (χ2n) is 5.13. The summed E-state index contributed by atoms with van der Waals surface area (Å²) in [7, 11) is 1.47. The smallest absolute Gasteiger partial charge is 0.257 e. The van der Waals surface area contributed by atoms with Gasteiger partial charge in [-0.3, -0.25) is 4.79 Å². The van der Waals surface area contributed by atoms with E-state index in [1.807, 2.05) is 0 Å². The number of hydrogen-bond acceptors (Lipinski definition) is 5. The monoisotopic (exact) mass is 293 g/mol. The minimum absolute atomic E-state index is 0.0898. The van der Waals surface area contributed by atoms with Crippen LogP contribution in [0.1, 0.15) is 16.8 Å². The van der Waals surface area contributed by atoms with Crippen LogP contribution < -0.4 is 10.5 Å². The lowest BCUT2D eigenvalue weighted by atomic mass is 10.1. The zero-order chi connectivity index (χ0) is 15.2. The lowest BCUT2D eigenvalue weighted by Gasteiger charge is -2.22. The number of hydrogen-bond donors (Lipinski definition) is 2. The van der Waals surface area contributed by atoms with Gasteiger partial charge >= 0.3 is 0 Å². The highest BCUT2D eigenvalue weighted by atomic mass is 16.5. The van der Waals surface area contributed by atoms with Gasteiger partial charge in [0.2, 0.25) is 0 Å². The Balaban J connectivity index is 2.10. The third-order valence-electron chi connectivity index (χ3n) is 3.77. The third kappa shape index (κ3) is 3.65. The number of carbonyl (C=O) groups excluding carboxylic acids is 1. The topological polar surface area (TPSA) is 79.0 Å². The highest BCUT2D eigenvalue weighted by molar-refractivity contribution is 5.97. The Hall–Kier alpha value is -1.79. The quantitative estimate of drug-likeness (QED) is 0.845. The number of phenolic OH excluding ortho intramolecular Hbond substituents is 1. The van der Waals surface area contributed by atoms with E-state index in [0.29, 0.717) is 30.9 Å². The minimum Gasteiger partial charge on any atom is -0.504 e. The number of methoxy groups -OCH3 is 1. The number of aromatic hydroxyl groups is 1. The van der Waals surface area contributed by atoms with Crippen molar-refractivity contribution in [2.24, 2.45) is 5.73 Å². The van der Waals surface area contributed by atoms with Gasteiger partial charge in [0.05, 0.1) is 12.7 Å². The van der Waals surface area contributed by atoms with Gasteiger partial charge in [-0.1, -0.05) is 6.07 Å². The van der Waals surface area contributed by atoms with E-state index in [4.69, 9.17) is 10.5 Å². The third-order valence-corrected chi connectivity index (χ3v) is 3.77. The molecule has 6 nitrogen and oxygen atoms in total. The SMILES string of the molecule is COc1cccc(C(=O)N2CCCN(CCN)CC2)c1O. The number of benzene rings is 1. The van der Waals surface area contributed by atoms with Crippen molar-refractivity contribution in [3.05, 3.63) is 23.8 Å². The van der Waals surface area contributed by atoms with Gasteiger partial charge in [0.1, 0.15) is 0 Å². The van der Waals surface area contributed by atoms with Crippen LogP contribution in [0.25, 0.3) is 0 Å². The first-order valence-electron chi connectivity index (χ1n) is 7.25. The van der Waals surface area contributed by atoms with Crippen molar-refractivity contribution in [2.45, 2.75) is 6.42 Å². The number of carbonyl (C=O) groups is 1. The van der Waals surface area contributed by atoms with E-state index >= 15 is 0 Å². The van der Waals surface area contributed by atoms with Crippen molar-refractivity contribution in [3.8, 4) is 11.5 Å². The predicted octanol–water partition coefficient (Wildman–Crippen LogP) is 0.507. The van der Waals surface area contributed by atoms with Crippen LogP contribution in [-0.2, 0) is 0 Å². The van der Waals surface area contributed by atoms with Crippen LogP contribution in [0, 0.1) is 0 Å². The number of rotatable bonds is 4. The molecule has 0 aliphatic carbocycles. The van der Waals surface area contributed by atoms with Crippen molar-refractivity contribution < 1.29 is 14.6 Å². The van der Waals surface area contributed by atoms with Crippen LogP contribution in [0.3, 0.4) is 0 Å². The fourth-order valence-corrected chi connectivity index (χ4v) is 2.61. The fraction of sp³-hybridized carbons (Fsp3) is 0.533. The summed E-state index contributed by atoms with van der Waals surface area (Å²) < 4.78 is 5.05. The molecule has 1 fully saturated rings. The highest BCUT2D eigenvalue weighted by Crippen LogP contribution is 2.30. The van der Waals surface area contributed by atoms with Gasteiger partial charge in [-0.25, -0.2) is 0 Å². The number of nitrogens with two attached hydrogens (primary N) is 1. The van der Waals surface area contributed by atoms with Crippen molar-refractivity contribution in [1.82, 2.24) is 9.80 Å². The molecule has 0 unspecified atom stereocenters. The zero-order valence-electron chi connectivity index (χ0n) is 12.4. The molecule has 2 rings (SSSR count). The molecular formula is C15H23N3O3. The summed E-state index contributed by atoms with van der Waals surface area (Å²) >= 11 is 0. The molecule has 6 heteroatoms. The van der Waals surface area contributed by atoms with Gasteiger partial charge in [0.25, 0.3) is 5.91 Å². The molecule has 1 aliphatic rings. The van der Waals surface area contributed by atoms with Crippen LogP contribution in [0.15, 0.2) is 18.2 Å². The van der Waals surface area contributed by atoms with E-state index in [1.165, 1.54) is 7.11 Å². The van der Waals surface area contributed by atoms with E-state index < -0.39 is 0 Å². The van der Waals surface area contributed by atoms with Crippen molar-refractivity contribution in [2.75, 3.05) is 46.4 Å². The van der Waals surface area contributed by atoms with Crippen LogP contribution in [0.2, 0.25) is 0 Å². The molecular weight excluding hydrogens is 270 g/mol. The highest BCUT2D eigenvalue weighted by Gasteiger charge is 2.23. The first kappa shape index (κ1) is 15.6. The summed E-state index contributed by atoms with van der Waals surface area (Å²) in [6.07, 6.45) is 0.913. The Labute approximate surface area is 125 Å². The summed E-state index contributed by atoms with van der Waals surface area (Å²) in [6, 6.07) is 4.98. The van der Waals surface area contributed by atoms with E-state index in [0.717, 1.165) is 26.1 Å². The zero-order valence-corrected chi connectivity index (χ0v) is 12.4. The normalized spacial score (nSPS) is 16.6. The molecule has 0 aromatic heterocycles. The van der Waals surface area contributed by atoms with Gasteiger partial charge in [-0.2, -0.15) is 0 Å². The molecule has 0 saturated carbocycles. The number of amides is 1. The number of nitrogens with zero attached hydrogens (tertiary/aromatic N) is 2. The summed E-state index contributed by atoms with van der Waals surface area (Å²) in [4.78, 5) is 16.6. The van der Waals surface area contributed by atoms with E-state index in [1.54, 1.807) is 23.1 Å². The molecule has 1 heterocycles. The number of phenols is 1. The first-order valence-corrected chi connectivity index (χ1v) is 7.25. The Morgan fingerprint density at radius 3 is 2.86 bits per heavy atom. The molecule has 1 saturated heterocycles. The Kier molecular flexibility index (Phi) is 5.41. The van der Waals surface area contributed by atoms with Crippen LogP contribution in [0.4, 0.5) is 0 Å². The summed E-state index contributed by atoms with van der Waals surface area (Å²) in [5.41, 5.74) is 5.87. The molecule has 21 heavy (non-hydrogen) atoms. The Morgan fingerprint density at radius 2 is 2.14 bits per heavy atom. The molecule has 1 aromatic rings. The predicted molar refractivity (Wildman–Crippen MR) is 80.7 cm³/mol. The second-order valence-corrected chi connectivity index (χ2v) is 5.13. The van der Waals surface area contributed by atoms with E-state index in [9.17, 15) is 9.90 Å². The van der Waals surface area contributed by atoms with Crippen LogP contribution in [-0.4, -0.2) is 67.2 Å². The molecule has 0 radical (unpaired) electrons. The Morgan fingerprint density at radius 1 is 1.33 bits per heavy atom. The molecule has 1 aliphatic heterocycles. The average molecular weight is 293 g/mol. The van der Waals surface area contributed by atoms with Crippen molar-refractivity contribution in [1.29, 1.82) is 0 Å². The summed E-state index contributed by atoms with van der Waals surface area (Å²) in [5.74, 6) is 0.0782. The standard InChI is InChI=1S/C15H23N3O3/c1-21-13-5-2-4-12(14(13)19)15(20)18-8-3-7-17(9-6-16)10-11-18/h2,4-5,19H,3,6-11,16H2,1H3. The molecule has 1 aromatic carbocycles. The lowest BCUT2D eigenvalue weighted by Crippen LogP contribution is -2.36. The van der Waals surface area contributed by atoms with Gasteiger partial charge in [-0.05, 0) is 25.1 Å². The molecule has 0 bridgehead atoms.